The van der Waals surface area contributed by atoms with E-state index in [0.29, 0.717) is 16.3 Å². The summed E-state index contributed by atoms with van der Waals surface area (Å²) in [5, 5.41) is 3.17. The van der Waals surface area contributed by atoms with Crippen molar-refractivity contribution in [3.63, 3.8) is 0 Å². The maximum atomic E-state index is 12.0. The molecular weight excluding hydrogens is 280 g/mol. The van der Waals surface area contributed by atoms with Gasteiger partial charge in [0.2, 0.25) is 5.91 Å². The number of benzene rings is 1. The second-order valence-corrected chi connectivity index (χ2v) is 5.27. The van der Waals surface area contributed by atoms with E-state index in [0.717, 1.165) is 0 Å². The summed E-state index contributed by atoms with van der Waals surface area (Å²) in [6.45, 7) is 3.66. The number of nitrogens with one attached hydrogen (secondary N) is 1. The van der Waals surface area contributed by atoms with Crippen LogP contribution in [0, 0.1) is 5.92 Å². The van der Waals surface area contributed by atoms with E-state index in [4.69, 9.17) is 17.3 Å². The fourth-order valence-corrected chi connectivity index (χ4v) is 1.93. The van der Waals surface area contributed by atoms with Crippen LogP contribution in [0.1, 0.15) is 19.4 Å². The van der Waals surface area contributed by atoms with Crippen LogP contribution in [0.25, 0.3) is 0 Å². The highest BCUT2D eigenvalue weighted by Gasteiger charge is 2.24. The van der Waals surface area contributed by atoms with Crippen LogP contribution >= 0.6 is 11.6 Å². The molecule has 5 nitrogen and oxygen atoms in total. The summed E-state index contributed by atoms with van der Waals surface area (Å²) in [5.41, 5.74) is 6.91. The SMILES string of the molecule is COC(=O)[C@@H](NC(=O)Cc1ccc(Cl)cc1N)C(C)C. The fourth-order valence-electron chi connectivity index (χ4n) is 1.75. The van der Waals surface area contributed by atoms with Crippen molar-refractivity contribution in [1.82, 2.24) is 5.32 Å². The van der Waals surface area contributed by atoms with Gasteiger partial charge in [-0.1, -0.05) is 31.5 Å². The van der Waals surface area contributed by atoms with Crippen molar-refractivity contribution in [2.75, 3.05) is 12.8 Å². The molecule has 0 aliphatic heterocycles. The number of nitrogen functional groups attached to an aromatic ring is 1. The van der Waals surface area contributed by atoms with Crippen LogP contribution in [0.5, 0.6) is 0 Å². The highest BCUT2D eigenvalue weighted by Crippen LogP contribution is 2.18. The third-order valence-corrected chi connectivity index (χ3v) is 3.13. The first-order valence-corrected chi connectivity index (χ1v) is 6.64. The number of hydrogen-bond acceptors (Lipinski definition) is 4. The number of ether oxygens (including phenoxy) is 1. The van der Waals surface area contributed by atoms with Gasteiger partial charge in [-0.15, -0.1) is 0 Å². The summed E-state index contributed by atoms with van der Waals surface area (Å²) >= 11 is 5.80. The Kier molecular flexibility index (Phi) is 5.82. The summed E-state index contributed by atoms with van der Waals surface area (Å²) in [6, 6.07) is 4.28. The number of esters is 1. The van der Waals surface area contributed by atoms with E-state index in [-0.39, 0.29) is 18.2 Å². The molecule has 1 rings (SSSR count). The number of amides is 1. The number of anilines is 1. The first-order valence-electron chi connectivity index (χ1n) is 6.26. The van der Waals surface area contributed by atoms with Crippen molar-refractivity contribution in [1.29, 1.82) is 0 Å². The van der Waals surface area contributed by atoms with E-state index in [1.807, 2.05) is 13.8 Å². The lowest BCUT2D eigenvalue weighted by Crippen LogP contribution is -2.45. The Morgan fingerprint density at radius 3 is 2.55 bits per heavy atom. The van der Waals surface area contributed by atoms with Gasteiger partial charge < -0.3 is 15.8 Å². The zero-order valence-electron chi connectivity index (χ0n) is 11.8. The van der Waals surface area contributed by atoms with E-state index < -0.39 is 12.0 Å². The van der Waals surface area contributed by atoms with Crippen LogP contribution in [0.2, 0.25) is 5.02 Å². The molecule has 0 heterocycles. The second kappa shape index (κ2) is 7.14. The normalized spacial score (nSPS) is 12.1. The zero-order chi connectivity index (χ0) is 15.3. The molecule has 1 aromatic rings. The van der Waals surface area contributed by atoms with Crippen LogP contribution in [0.3, 0.4) is 0 Å². The third-order valence-electron chi connectivity index (χ3n) is 2.90. The number of carbonyl (C=O) groups excluding carboxylic acids is 2. The van der Waals surface area contributed by atoms with Gasteiger partial charge >= 0.3 is 5.97 Å². The molecule has 110 valence electrons. The Balaban J connectivity index is 2.73. The first kappa shape index (κ1) is 16.3. The molecule has 6 heteroatoms. The van der Waals surface area contributed by atoms with Gasteiger partial charge in [0.15, 0.2) is 0 Å². The lowest BCUT2D eigenvalue weighted by molar-refractivity contribution is -0.146. The minimum atomic E-state index is -0.666. The van der Waals surface area contributed by atoms with Gasteiger partial charge in [0.25, 0.3) is 0 Å². The van der Waals surface area contributed by atoms with Gasteiger partial charge in [0.1, 0.15) is 6.04 Å². The number of methoxy groups -OCH3 is 1. The van der Waals surface area contributed by atoms with Crippen molar-refractivity contribution in [2.45, 2.75) is 26.3 Å². The highest BCUT2D eigenvalue weighted by molar-refractivity contribution is 6.30. The van der Waals surface area contributed by atoms with Crippen molar-refractivity contribution >= 4 is 29.2 Å². The van der Waals surface area contributed by atoms with Gasteiger partial charge in [-0.05, 0) is 23.6 Å². The molecule has 20 heavy (non-hydrogen) atoms. The van der Waals surface area contributed by atoms with Crippen LogP contribution < -0.4 is 11.1 Å². The van der Waals surface area contributed by atoms with Crippen molar-refractivity contribution in [2.24, 2.45) is 5.92 Å². The Bertz CT molecular complexity index is 503. The lowest BCUT2D eigenvalue weighted by Gasteiger charge is -2.20. The van der Waals surface area contributed by atoms with Gasteiger partial charge in [-0.2, -0.15) is 0 Å². The molecule has 1 aromatic carbocycles. The fraction of sp³-hybridized carbons (Fsp3) is 0.429. The number of hydrogen-bond donors (Lipinski definition) is 2. The molecule has 1 amide bonds. The Morgan fingerprint density at radius 1 is 1.40 bits per heavy atom. The van der Waals surface area contributed by atoms with E-state index in [9.17, 15) is 9.59 Å². The molecule has 0 fully saturated rings. The molecular formula is C14H19ClN2O3. The van der Waals surface area contributed by atoms with E-state index in [2.05, 4.69) is 10.1 Å². The topological polar surface area (TPSA) is 81.4 Å². The molecule has 0 bridgehead atoms. The zero-order valence-corrected chi connectivity index (χ0v) is 12.5. The smallest absolute Gasteiger partial charge is 0.328 e. The highest BCUT2D eigenvalue weighted by atomic mass is 35.5. The molecule has 0 radical (unpaired) electrons. The monoisotopic (exact) mass is 298 g/mol. The maximum Gasteiger partial charge on any atom is 0.328 e. The van der Waals surface area contributed by atoms with Gasteiger partial charge in [0.05, 0.1) is 13.5 Å². The largest absolute Gasteiger partial charge is 0.467 e. The molecule has 0 aromatic heterocycles. The van der Waals surface area contributed by atoms with Gasteiger partial charge in [0, 0.05) is 10.7 Å². The molecule has 3 N–H and O–H groups in total. The average molecular weight is 299 g/mol. The Morgan fingerprint density at radius 2 is 2.05 bits per heavy atom. The quantitative estimate of drug-likeness (QED) is 0.641. The molecule has 1 atom stereocenters. The molecule has 0 aliphatic carbocycles. The molecule has 0 aliphatic rings. The maximum absolute atomic E-state index is 12.0. The van der Waals surface area contributed by atoms with Crippen LogP contribution in [0.15, 0.2) is 18.2 Å². The Hall–Kier alpha value is -1.75. The second-order valence-electron chi connectivity index (χ2n) is 4.83. The molecule has 0 saturated heterocycles. The lowest BCUT2D eigenvalue weighted by atomic mass is 10.0. The first-order chi connectivity index (χ1) is 9.35. The summed E-state index contributed by atoms with van der Waals surface area (Å²) in [6.07, 6.45) is 0.0865. The standard InChI is InChI=1S/C14H19ClN2O3/c1-8(2)13(14(19)20-3)17-12(18)6-9-4-5-10(15)7-11(9)16/h4-5,7-8,13H,6,16H2,1-3H3,(H,17,18)/t13-/m0/s1. The predicted molar refractivity (Wildman–Crippen MR) is 78.4 cm³/mol. The van der Waals surface area contributed by atoms with Gasteiger partial charge in [-0.3, -0.25) is 4.79 Å². The Labute approximate surface area is 123 Å². The van der Waals surface area contributed by atoms with E-state index in [1.165, 1.54) is 7.11 Å². The minimum absolute atomic E-state index is 0.0611. The van der Waals surface area contributed by atoms with Crippen LogP contribution in [0.4, 0.5) is 5.69 Å². The number of halogens is 1. The molecule has 0 spiro atoms. The number of rotatable bonds is 5. The van der Waals surface area contributed by atoms with Crippen molar-refractivity contribution < 1.29 is 14.3 Å². The van der Waals surface area contributed by atoms with Gasteiger partial charge in [-0.25, -0.2) is 4.79 Å². The number of carbonyl (C=O) groups is 2. The molecule has 0 saturated carbocycles. The third kappa shape index (κ3) is 4.42. The summed E-state index contributed by atoms with van der Waals surface area (Å²) in [4.78, 5) is 23.6. The minimum Gasteiger partial charge on any atom is -0.467 e. The van der Waals surface area contributed by atoms with E-state index in [1.54, 1.807) is 18.2 Å². The predicted octanol–water partition coefficient (Wildman–Crippen LogP) is 1.78. The van der Waals surface area contributed by atoms with Crippen LogP contribution in [-0.2, 0) is 20.7 Å². The summed E-state index contributed by atoms with van der Waals surface area (Å²) in [7, 11) is 1.29. The summed E-state index contributed by atoms with van der Waals surface area (Å²) in [5.74, 6) is -0.811. The molecule has 0 unspecified atom stereocenters. The summed E-state index contributed by atoms with van der Waals surface area (Å²) < 4.78 is 4.67. The number of nitrogens with two attached hydrogens (primary N) is 1. The van der Waals surface area contributed by atoms with Crippen molar-refractivity contribution in [3.05, 3.63) is 28.8 Å². The van der Waals surface area contributed by atoms with Crippen molar-refractivity contribution in [3.8, 4) is 0 Å². The van der Waals surface area contributed by atoms with E-state index >= 15 is 0 Å². The van der Waals surface area contributed by atoms with Crippen LogP contribution in [-0.4, -0.2) is 25.0 Å². The average Bonchev–Trinajstić information content (AvgIpc) is 2.38.